The predicted molar refractivity (Wildman–Crippen MR) is 98.7 cm³/mol. The quantitative estimate of drug-likeness (QED) is 0.775. The molecule has 0 spiro atoms. The molecule has 3 heterocycles. The average Bonchev–Trinajstić information content (AvgIpc) is 3.05. The number of benzene rings is 1. The van der Waals surface area contributed by atoms with E-state index in [2.05, 4.69) is 27.0 Å². The van der Waals surface area contributed by atoms with Gasteiger partial charge in [0.2, 0.25) is 0 Å². The van der Waals surface area contributed by atoms with Crippen molar-refractivity contribution in [1.82, 2.24) is 15.0 Å². The van der Waals surface area contributed by atoms with E-state index >= 15 is 0 Å². The van der Waals surface area contributed by atoms with Gasteiger partial charge in [0.1, 0.15) is 17.7 Å². The number of rotatable bonds is 2. The first-order valence-electron chi connectivity index (χ1n) is 8.73. The summed E-state index contributed by atoms with van der Waals surface area (Å²) in [5, 5.41) is 9.56. The monoisotopic (exact) mass is 331 g/mol. The molecule has 0 bridgehead atoms. The molecule has 5 nitrogen and oxygen atoms in total. The Morgan fingerprint density at radius 3 is 2.88 bits per heavy atom. The van der Waals surface area contributed by atoms with Gasteiger partial charge in [-0.3, -0.25) is 0 Å². The standard InChI is InChI=1S/C20H21N5/c1-13-10-14(2)22-20(16(13)11-21)25-9-5-6-15(12-25)19-23-17-7-3-4-8-18(17)24-19/h3-4,7-8,10,15H,5-6,9,12H2,1-2H3,(H,23,24). The molecule has 1 aliphatic heterocycles. The van der Waals surface area contributed by atoms with Crippen molar-refractivity contribution in [2.45, 2.75) is 32.6 Å². The van der Waals surface area contributed by atoms with Gasteiger partial charge in [0, 0.05) is 24.7 Å². The molecule has 1 aromatic carbocycles. The molecule has 3 aromatic rings. The Morgan fingerprint density at radius 2 is 2.08 bits per heavy atom. The lowest BCUT2D eigenvalue weighted by Crippen LogP contribution is -2.36. The Morgan fingerprint density at radius 1 is 1.24 bits per heavy atom. The number of fused-ring (bicyclic) bond motifs is 1. The molecule has 0 amide bonds. The smallest absolute Gasteiger partial charge is 0.147 e. The van der Waals surface area contributed by atoms with Gasteiger partial charge in [0.25, 0.3) is 0 Å². The first-order valence-corrected chi connectivity index (χ1v) is 8.73. The molecule has 1 aliphatic rings. The maximum absolute atomic E-state index is 9.56. The summed E-state index contributed by atoms with van der Waals surface area (Å²) in [6.07, 6.45) is 2.17. The van der Waals surface area contributed by atoms with Crippen molar-refractivity contribution in [3.8, 4) is 6.07 Å². The summed E-state index contributed by atoms with van der Waals surface area (Å²) in [7, 11) is 0. The third-order valence-corrected chi connectivity index (χ3v) is 4.95. The van der Waals surface area contributed by atoms with E-state index in [1.807, 2.05) is 38.1 Å². The predicted octanol–water partition coefficient (Wildman–Crippen LogP) is 3.83. The van der Waals surface area contributed by atoms with Crippen molar-refractivity contribution in [3.63, 3.8) is 0 Å². The second kappa shape index (κ2) is 6.21. The molecular weight excluding hydrogens is 310 g/mol. The Kier molecular flexibility index (Phi) is 3.89. The van der Waals surface area contributed by atoms with Crippen LogP contribution in [0.1, 0.15) is 41.4 Å². The Bertz CT molecular complexity index is 933. The van der Waals surface area contributed by atoms with Crippen molar-refractivity contribution in [2.24, 2.45) is 0 Å². The molecule has 5 heteroatoms. The Hall–Kier alpha value is -2.87. The van der Waals surface area contributed by atoms with Gasteiger partial charge in [-0.25, -0.2) is 9.97 Å². The zero-order valence-corrected chi connectivity index (χ0v) is 14.6. The molecule has 25 heavy (non-hydrogen) atoms. The summed E-state index contributed by atoms with van der Waals surface area (Å²) in [6.45, 7) is 5.74. The van der Waals surface area contributed by atoms with Gasteiger partial charge in [-0.05, 0) is 50.5 Å². The third-order valence-electron chi connectivity index (χ3n) is 4.95. The van der Waals surface area contributed by atoms with Crippen LogP contribution < -0.4 is 4.90 Å². The van der Waals surface area contributed by atoms with Crippen LogP contribution in [0, 0.1) is 25.2 Å². The van der Waals surface area contributed by atoms with E-state index in [0.717, 1.165) is 59.9 Å². The van der Waals surface area contributed by atoms with E-state index in [0.29, 0.717) is 11.5 Å². The molecule has 1 fully saturated rings. The van der Waals surface area contributed by atoms with Crippen LogP contribution in [0.4, 0.5) is 5.82 Å². The van der Waals surface area contributed by atoms with Crippen molar-refractivity contribution in [1.29, 1.82) is 5.26 Å². The molecule has 4 rings (SSSR count). The average molecular weight is 331 g/mol. The SMILES string of the molecule is Cc1cc(C)c(C#N)c(N2CCCC(c3nc4ccccc4[nH]3)C2)n1. The van der Waals surface area contributed by atoms with Gasteiger partial charge in [-0.15, -0.1) is 0 Å². The minimum Gasteiger partial charge on any atom is -0.355 e. The number of anilines is 1. The number of aromatic nitrogens is 3. The summed E-state index contributed by atoms with van der Waals surface area (Å²) in [5.41, 5.74) is 4.73. The normalized spacial score (nSPS) is 17.6. The molecule has 0 aliphatic carbocycles. The van der Waals surface area contributed by atoms with Crippen LogP contribution in [-0.4, -0.2) is 28.0 Å². The van der Waals surface area contributed by atoms with E-state index in [4.69, 9.17) is 4.98 Å². The minimum absolute atomic E-state index is 0.329. The van der Waals surface area contributed by atoms with Crippen molar-refractivity contribution < 1.29 is 0 Å². The van der Waals surface area contributed by atoms with Crippen LogP contribution in [0.2, 0.25) is 0 Å². The Balaban J connectivity index is 1.67. The molecule has 1 saturated heterocycles. The van der Waals surface area contributed by atoms with Gasteiger partial charge in [0.05, 0.1) is 16.6 Å². The molecule has 1 atom stereocenters. The third kappa shape index (κ3) is 2.85. The van der Waals surface area contributed by atoms with E-state index < -0.39 is 0 Å². The number of piperidine rings is 1. The lowest BCUT2D eigenvalue weighted by Gasteiger charge is -2.33. The molecular formula is C20H21N5. The largest absolute Gasteiger partial charge is 0.355 e. The molecule has 2 aromatic heterocycles. The fourth-order valence-electron chi connectivity index (χ4n) is 3.74. The summed E-state index contributed by atoms with van der Waals surface area (Å²) in [6, 6.07) is 12.4. The second-order valence-electron chi connectivity index (χ2n) is 6.82. The number of nitriles is 1. The summed E-state index contributed by atoms with van der Waals surface area (Å²) in [4.78, 5) is 15.2. The van der Waals surface area contributed by atoms with Gasteiger partial charge >= 0.3 is 0 Å². The van der Waals surface area contributed by atoms with Crippen LogP contribution in [0.5, 0.6) is 0 Å². The van der Waals surface area contributed by atoms with Gasteiger partial charge < -0.3 is 9.88 Å². The number of para-hydroxylation sites is 2. The van der Waals surface area contributed by atoms with Gasteiger partial charge in [-0.1, -0.05) is 12.1 Å². The number of hydrogen-bond donors (Lipinski definition) is 1. The number of nitrogens with zero attached hydrogens (tertiary/aromatic N) is 4. The van der Waals surface area contributed by atoms with Crippen LogP contribution in [0.25, 0.3) is 11.0 Å². The van der Waals surface area contributed by atoms with Crippen LogP contribution in [-0.2, 0) is 0 Å². The first-order chi connectivity index (χ1) is 12.2. The number of aromatic amines is 1. The highest BCUT2D eigenvalue weighted by Gasteiger charge is 2.26. The van der Waals surface area contributed by atoms with Crippen molar-refractivity contribution in [2.75, 3.05) is 18.0 Å². The number of hydrogen-bond acceptors (Lipinski definition) is 4. The van der Waals surface area contributed by atoms with Crippen LogP contribution >= 0.6 is 0 Å². The Labute approximate surface area is 147 Å². The number of imidazole rings is 1. The summed E-state index contributed by atoms with van der Waals surface area (Å²) in [5.74, 6) is 2.19. The van der Waals surface area contributed by atoms with Crippen molar-refractivity contribution in [3.05, 3.63) is 53.0 Å². The fraction of sp³-hybridized carbons (Fsp3) is 0.350. The lowest BCUT2D eigenvalue weighted by atomic mass is 9.96. The second-order valence-corrected chi connectivity index (χ2v) is 6.82. The maximum atomic E-state index is 9.56. The lowest BCUT2D eigenvalue weighted by molar-refractivity contribution is 0.492. The fourth-order valence-corrected chi connectivity index (χ4v) is 3.74. The molecule has 1 N–H and O–H groups in total. The van der Waals surface area contributed by atoms with Crippen molar-refractivity contribution >= 4 is 16.9 Å². The molecule has 1 unspecified atom stereocenters. The summed E-state index contributed by atoms with van der Waals surface area (Å²) >= 11 is 0. The molecule has 0 radical (unpaired) electrons. The van der Waals surface area contributed by atoms with E-state index in [9.17, 15) is 5.26 Å². The van der Waals surface area contributed by atoms with E-state index in [1.165, 1.54) is 0 Å². The van der Waals surface area contributed by atoms with Crippen LogP contribution in [0.3, 0.4) is 0 Å². The highest BCUT2D eigenvalue weighted by molar-refractivity contribution is 5.74. The summed E-state index contributed by atoms with van der Waals surface area (Å²) < 4.78 is 0. The number of aryl methyl sites for hydroxylation is 2. The van der Waals surface area contributed by atoms with E-state index in [1.54, 1.807) is 0 Å². The van der Waals surface area contributed by atoms with Crippen LogP contribution in [0.15, 0.2) is 30.3 Å². The van der Waals surface area contributed by atoms with Gasteiger partial charge in [0.15, 0.2) is 0 Å². The number of nitrogens with one attached hydrogen (secondary N) is 1. The molecule has 0 saturated carbocycles. The zero-order valence-electron chi connectivity index (χ0n) is 14.6. The van der Waals surface area contributed by atoms with E-state index in [-0.39, 0.29) is 0 Å². The number of pyridine rings is 1. The first kappa shape index (κ1) is 15.6. The highest BCUT2D eigenvalue weighted by atomic mass is 15.2. The highest BCUT2D eigenvalue weighted by Crippen LogP contribution is 2.31. The maximum Gasteiger partial charge on any atom is 0.147 e. The molecule has 126 valence electrons. The zero-order chi connectivity index (χ0) is 17.4. The topological polar surface area (TPSA) is 68.6 Å². The van der Waals surface area contributed by atoms with Gasteiger partial charge in [-0.2, -0.15) is 5.26 Å². The number of H-pyrrole nitrogens is 1. The minimum atomic E-state index is 0.329.